The van der Waals surface area contributed by atoms with Crippen molar-refractivity contribution in [2.75, 3.05) is 36.5 Å². The van der Waals surface area contributed by atoms with Crippen LogP contribution in [0, 0.1) is 5.92 Å². The molecule has 1 aromatic heterocycles. The topological polar surface area (TPSA) is 63.2 Å². The van der Waals surface area contributed by atoms with E-state index in [0.717, 1.165) is 32.2 Å². The Balaban J connectivity index is 1.70. The fourth-order valence-corrected chi connectivity index (χ4v) is 3.08. The van der Waals surface area contributed by atoms with Gasteiger partial charge in [0.05, 0.1) is 6.61 Å². The lowest BCUT2D eigenvalue weighted by Crippen LogP contribution is -2.22. The molecule has 0 bridgehead atoms. The van der Waals surface area contributed by atoms with Gasteiger partial charge in [-0.2, -0.15) is 15.0 Å². The quantitative estimate of drug-likeness (QED) is 0.868. The van der Waals surface area contributed by atoms with Crippen molar-refractivity contribution in [3.8, 4) is 6.01 Å². The molecule has 1 saturated heterocycles. The van der Waals surface area contributed by atoms with E-state index in [0.29, 0.717) is 17.9 Å². The van der Waals surface area contributed by atoms with Gasteiger partial charge in [-0.15, -0.1) is 0 Å². The summed E-state index contributed by atoms with van der Waals surface area (Å²) in [5, 5.41) is 3.17. The van der Waals surface area contributed by atoms with Gasteiger partial charge in [-0.3, -0.25) is 0 Å². The predicted octanol–water partition coefficient (Wildman–Crippen LogP) is 2.47. The molecule has 6 heteroatoms. The maximum atomic E-state index is 5.85. The van der Waals surface area contributed by atoms with Crippen LogP contribution in [0.2, 0.25) is 0 Å². The number of anilines is 2. The fraction of sp³-hybridized carbons (Fsp3) is 0.800. The zero-order valence-corrected chi connectivity index (χ0v) is 12.8. The monoisotopic (exact) mass is 291 g/mol. The molecule has 0 amide bonds. The van der Waals surface area contributed by atoms with E-state index in [9.17, 15) is 0 Å². The van der Waals surface area contributed by atoms with Crippen LogP contribution in [-0.2, 0) is 0 Å². The van der Waals surface area contributed by atoms with Crippen LogP contribution in [0.5, 0.6) is 6.01 Å². The summed E-state index contributed by atoms with van der Waals surface area (Å²) in [6.45, 7) is 5.62. The van der Waals surface area contributed by atoms with Crippen molar-refractivity contribution in [1.29, 1.82) is 0 Å². The Kier molecular flexibility index (Phi) is 4.72. The van der Waals surface area contributed by atoms with Crippen molar-refractivity contribution in [3.63, 3.8) is 0 Å². The summed E-state index contributed by atoms with van der Waals surface area (Å²) in [6.07, 6.45) is 7.61. The van der Waals surface area contributed by atoms with Crippen LogP contribution >= 0.6 is 0 Å². The molecule has 0 atom stereocenters. The minimum atomic E-state index is 0.467. The van der Waals surface area contributed by atoms with Gasteiger partial charge in [-0.1, -0.05) is 12.8 Å². The minimum absolute atomic E-state index is 0.467. The first kappa shape index (κ1) is 14.4. The standard InChI is InChI=1S/C15H25N5O/c1-2-16-13-17-14(20-9-5-6-10-20)19-15(18-13)21-11-12-7-3-4-8-12/h12H,2-11H2,1H3,(H,16,17,18,19). The summed E-state index contributed by atoms with van der Waals surface area (Å²) in [4.78, 5) is 15.6. The Morgan fingerprint density at radius 3 is 2.57 bits per heavy atom. The zero-order chi connectivity index (χ0) is 14.5. The van der Waals surface area contributed by atoms with Crippen LogP contribution < -0.4 is 15.0 Å². The highest BCUT2D eigenvalue weighted by atomic mass is 16.5. The number of nitrogens with zero attached hydrogens (tertiary/aromatic N) is 4. The Morgan fingerprint density at radius 1 is 1.10 bits per heavy atom. The summed E-state index contributed by atoms with van der Waals surface area (Å²) in [6, 6.07) is 0.467. The van der Waals surface area contributed by atoms with Crippen molar-refractivity contribution >= 4 is 11.9 Å². The van der Waals surface area contributed by atoms with Crippen molar-refractivity contribution in [1.82, 2.24) is 15.0 Å². The average Bonchev–Trinajstić information content (AvgIpc) is 3.19. The van der Waals surface area contributed by atoms with E-state index in [4.69, 9.17) is 4.74 Å². The molecule has 2 aliphatic rings. The molecule has 1 aliphatic heterocycles. The van der Waals surface area contributed by atoms with Gasteiger partial charge in [0, 0.05) is 19.6 Å². The number of ether oxygens (including phenoxy) is 1. The molecule has 6 nitrogen and oxygen atoms in total. The van der Waals surface area contributed by atoms with Crippen molar-refractivity contribution in [3.05, 3.63) is 0 Å². The van der Waals surface area contributed by atoms with Crippen LogP contribution in [-0.4, -0.2) is 41.2 Å². The first-order valence-corrected chi connectivity index (χ1v) is 8.23. The highest BCUT2D eigenvalue weighted by Crippen LogP contribution is 2.25. The number of hydrogen-bond acceptors (Lipinski definition) is 6. The number of hydrogen-bond donors (Lipinski definition) is 1. The highest BCUT2D eigenvalue weighted by Gasteiger charge is 2.19. The molecular formula is C15H25N5O. The Morgan fingerprint density at radius 2 is 1.86 bits per heavy atom. The van der Waals surface area contributed by atoms with E-state index in [2.05, 4.69) is 25.2 Å². The molecule has 21 heavy (non-hydrogen) atoms. The summed E-state index contributed by atoms with van der Waals surface area (Å²) >= 11 is 0. The summed E-state index contributed by atoms with van der Waals surface area (Å²) < 4.78 is 5.85. The first-order valence-electron chi connectivity index (χ1n) is 8.23. The summed E-state index contributed by atoms with van der Waals surface area (Å²) in [5.74, 6) is 2.04. The lowest BCUT2D eigenvalue weighted by molar-refractivity contribution is 0.234. The van der Waals surface area contributed by atoms with Gasteiger partial charge in [-0.05, 0) is 38.5 Å². The molecule has 1 aliphatic carbocycles. The third-order valence-electron chi connectivity index (χ3n) is 4.25. The number of aromatic nitrogens is 3. The summed E-state index contributed by atoms with van der Waals surface area (Å²) in [7, 11) is 0. The van der Waals surface area contributed by atoms with Crippen LogP contribution in [0.25, 0.3) is 0 Å². The van der Waals surface area contributed by atoms with E-state index < -0.39 is 0 Å². The van der Waals surface area contributed by atoms with Crippen LogP contribution in [0.1, 0.15) is 45.4 Å². The second-order valence-electron chi connectivity index (χ2n) is 5.93. The predicted molar refractivity (Wildman–Crippen MR) is 82.9 cm³/mol. The SMILES string of the molecule is CCNc1nc(OCC2CCCC2)nc(N2CCCC2)n1. The largest absolute Gasteiger partial charge is 0.463 e. The average molecular weight is 291 g/mol. The Hall–Kier alpha value is -1.59. The Bertz CT molecular complexity index is 455. The molecule has 0 radical (unpaired) electrons. The van der Waals surface area contributed by atoms with Crippen LogP contribution in [0.15, 0.2) is 0 Å². The fourth-order valence-electron chi connectivity index (χ4n) is 3.08. The van der Waals surface area contributed by atoms with Crippen molar-refractivity contribution < 1.29 is 4.74 Å². The maximum absolute atomic E-state index is 5.85. The van der Waals surface area contributed by atoms with Gasteiger partial charge in [0.1, 0.15) is 0 Å². The molecule has 0 aromatic carbocycles. The van der Waals surface area contributed by atoms with E-state index in [1.54, 1.807) is 0 Å². The Labute approximate surface area is 126 Å². The minimum Gasteiger partial charge on any atom is -0.463 e. The smallest absolute Gasteiger partial charge is 0.323 e. The van der Waals surface area contributed by atoms with Gasteiger partial charge >= 0.3 is 6.01 Å². The molecule has 2 heterocycles. The zero-order valence-electron chi connectivity index (χ0n) is 12.8. The lowest BCUT2D eigenvalue weighted by atomic mass is 10.1. The third-order valence-corrected chi connectivity index (χ3v) is 4.25. The van der Waals surface area contributed by atoms with Crippen LogP contribution in [0.4, 0.5) is 11.9 Å². The molecule has 2 fully saturated rings. The van der Waals surface area contributed by atoms with Gasteiger partial charge in [0.2, 0.25) is 11.9 Å². The molecule has 1 N–H and O–H groups in total. The molecular weight excluding hydrogens is 266 g/mol. The van der Waals surface area contributed by atoms with Gasteiger partial charge in [0.25, 0.3) is 0 Å². The first-order chi connectivity index (χ1) is 10.3. The number of nitrogens with one attached hydrogen (secondary N) is 1. The molecule has 0 unspecified atom stereocenters. The molecule has 1 saturated carbocycles. The lowest BCUT2D eigenvalue weighted by Gasteiger charge is -2.17. The van der Waals surface area contributed by atoms with E-state index in [-0.39, 0.29) is 0 Å². The van der Waals surface area contributed by atoms with Gasteiger partial charge < -0.3 is 15.0 Å². The number of rotatable bonds is 6. The summed E-state index contributed by atoms with van der Waals surface area (Å²) in [5.41, 5.74) is 0. The second-order valence-corrected chi connectivity index (χ2v) is 5.93. The van der Waals surface area contributed by atoms with E-state index >= 15 is 0 Å². The second kappa shape index (κ2) is 6.91. The van der Waals surface area contributed by atoms with Crippen molar-refractivity contribution in [2.24, 2.45) is 5.92 Å². The molecule has 0 spiro atoms. The highest BCUT2D eigenvalue weighted by molar-refractivity contribution is 5.39. The van der Waals surface area contributed by atoms with E-state index in [1.807, 2.05) is 6.92 Å². The van der Waals surface area contributed by atoms with Crippen LogP contribution in [0.3, 0.4) is 0 Å². The van der Waals surface area contributed by atoms with E-state index in [1.165, 1.54) is 38.5 Å². The molecule has 3 rings (SSSR count). The molecule has 116 valence electrons. The molecule has 1 aromatic rings. The third kappa shape index (κ3) is 3.74. The normalized spacial score (nSPS) is 19.2. The van der Waals surface area contributed by atoms with Crippen molar-refractivity contribution in [2.45, 2.75) is 45.4 Å². The van der Waals surface area contributed by atoms with Gasteiger partial charge in [0.15, 0.2) is 0 Å². The van der Waals surface area contributed by atoms with Gasteiger partial charge in [-0.25, -0.2) is 0 Å². The maximum Gasteiger partial charge on any atom is 0.323 e.